The second kappa shape index (κ2) is 9.06. The van der Waals surface area contributed by atoms with Crippen molar-refractivity contribution in [3.8, 4) is 0 Å². The maximum atomic E-state index is 13.8. The van der Waals surface area contributed by atoms with Crippen LogP contribution in [0.2, 0.25) is 0 Å². The Morgan fingerprint density at radius 2 is 1.75 bits per heavy atom. The molecule has 1 amide bonds. The van der Waals surface area contributed by atoms with E-state index in [4.69, 9.17) is 4.52 Å². The average molecular weight is 478 g/mol. The first-order valence-corrected chi connectivity index (χ1v) is 10.6. The van der Waals surface area contributed by atoms with E-state index in [1.54, 1.807) is 19.2 Å². The number of anilines is 2. The zero-order chi connectivity index (χ0) is 24.3. The number of sulfonamides is 1. The Labute approximate surface area is 181 Å². The fourth-order valence-corrected chi connectivity index (χ4v) is 3.57. The van der Waals surface area contributed by atoms with E-state index in [1.165, 1.54) is 6.92 Å². The standard InChI is InChI=1S/C18H21F3N4O6S/c1-5-30-16(27)17(18(19,20)21,22-12(4)26)23-13-6-8-14(9-7-13)32(28,29)25-15-10(2)11(3)24-31-15/h6-9,23,25H,5H2,1-4H3,(H,22,26)/t17-/m0/s1. The Balaban J connectivity index is 2.37. The fourth-order valence-electron chi connectivity index (χ4n) is 2.52. The number of hydrogen-bond donors (Lipinski definition) is 3. The smallest absolute Gasteiger partial charge is 0.441 e. The summed E-state index contributed by atoms with van der Waals surface area (Å²) in [4.78, 5) is 23.3. The highest BCUT2D eigenvalue weighted by atomic mass is 32.2. The van der Waals surface area contributed by atoms with Crippen LogP contribution in [0, 0.1) is 13.8 Å². The Morgan fingerprint density at radius 3 is 2.19 bits per heavy atom. The number of aryl methyl sites for hydroxylation is 1. The molecule has 0 radical (unpaired) electrons. The van der Waals surface area contributed by atoms with Crippen LogP contribution >= 0.6 is 0 Å². The first-order chi connectivity index (χ1) is 14.7. The van der Waals surface area contributed by atoms with Crippen molar-refractivity contribution < 1.29 is 40.4 Å². The topological polar surface area (TPSA) is 140 Å². The monoisotopic (exact) mass is 478 g/mol. The number of halogens is 3. The molecule has 2 aromatic rings. The van der Waals surface area contributed by atoms with Crippen molar-refractivity contribution in [3.63, 3.8) is 0 Å². The lowest BCUT2D eigenvalue weighted by atomic mass is 10.1. The van der Waals surface area contributed by atoms with Gasteiger partial charge in [-0.25, -0.2) is 17.9 Å². The zero-order valence-corrected chi connectivity index (χ0v) is 18.3. The fraction of sp³-hybridized carbons (Fsp3) is 0.389. The van der Waals surface area contributed by atoms with Gasteiger partial charge in [-0.2, -0.15) is 13.2 Å². The van der Waals surface area contributed by atoms with Crippen LogP contribution in [0.1, 0.15) is 25.1 Å². The van der Waals surface area contributed by atoms with Gasteiger partial charge in [-0.3, -0.25) is 4.79 Å². The Morgan fingerprint density at radius 1 is 1.16 bits per heavy atom. The summed E-state index contributed by atoms with van der Waals surface area (Å²) in [6.07, 6.45) is -5.29. The maximum absolute atomic E-state index is 13.8. The third-order valence-corrected chi connectivity index (χ3v) is 5.60. The number of nitrogens with zero attached hydrogens (tertiary/aromatic N) is 1. The molecule has 0 spiro atoms. The highest BCUT2D eigenvalue weighted by Crippen LogP contribution is 2.33. The third-order valence-electron chi connectivity index (χ3n) is 4.25. The van der Waals surface area contributed by atoms with Gasteiger partial charge in [0.1, 0.15) is 0 Å². The average Bonchev–Trinajstić information content (AvgIpc) is 2.98. The van der Waals surface area contributed by atoms with E-state index in [0.717, 1.165) is 31.2 Å². The van der Waals surface area contributed by atoms with Gasteiger partial charge in [-0.1, -0.05) is 5.16 Å². The molecule has 0 aliphatic carbocycles. The third kappa shape index (κ3) is 5.12. The molecule has 10 nitrogen and oxygen atoms in total. The van der Waals surface area contributed by atoms with Gasteiger partial charge in [0.2, 0.25) is 11.8 Å². The number of ether oxygens (including phenoxy) is 1. The molecule has 0 bridgehead atoms. The number of hydrogen-bond acceptors (Lipinski definition) is 8. The molecule has 176 valence electrons. The van der Waals surface area contributed by atoms with Crippen LogP contribution in [0.25, 0.3) is 0 Å². The largest absolute Gasteiger partial charge is 0.463 e. The predicted octanol–water partition coefficient (Wildman–Crippen LogP) is 2.46. The summed E-state index contributed by atoms with van der Waals surface area (Å²) in [6.45, 7) is 4.93. The van der Waals surface area contributed by atoms with Gasteiger partial charge in [0, 0.05) is 18.2 Å². The van der Waals surface area contributed by atoms with Crippen LogP contribution in [0.3, 0.4) is 0 Å². The first kappa shape index (κ1) is 25.0. The van der Waals surface area contributed by atoms with Gasteiger partial charge in [0.15, 0.2) is 0 Å². The maximum Gasteiger partial charge on any atom is 0.441 e. The SMILES string of the molecule is CCOC(=O)[C@](NC(C)=O)(Nc1ccc(S(=O)(=O)Nc2onc(C)c2C)cc1)C(F)(F)F. The number of rotatable bonds is 8. The highest BCUT2D eigenvalue weighted by Gasteiger charge is 2.63. The van der Waals surface area contributed by atoms with Crippen molar-refractivity contribution in [1.29, 1.82) is 0 Å². The van der Waals surface area contributed by atoms with Crippen molar-refractivity contribution in [2.75, 3.05) is 16.6 Å². The van der Waals surface area contributed by atoms with Gasteiger partial charge >= 0.3 is 17.8 Å². The number of carbonyl (C=O) groups is 2. The van der Waals surface area contributed by atoms with Crippen molar-refractivity contribution in [2.24, 2.45) is 0 Å². The van der Waals surface area contributed by atoms with Crippen LogP contribution in [-0.2, 0) is 24.3 Å². The summed E-state index contributed by atoms with van der Waals surface area (Å²) < 4.78 is 78.2. The van der Waals surface area contributed by atoms with Crippen LogP contribution in [0.4, 0.5) is 24.7 Å². The van der Waals surface area contributed by atoms with E-state index >= 15 is 0 Å². The van der Waals surface area contributed by atoms with E-state index in [2.05, 4.69) is 14.6 Å². The summed E-state index contributed by atoms with van der Waals surface area (Å²) in [5.41, 5.74) is -2.95. The molecule has 1 aromatic heterocycles. The molecule has 0 aliphatic rings. The lowest BCUT2D eigenvalue weighted by Gasteiger charge is -2.35. The summed E-state index contributed by atoms with van der Waals surface area (Å²) in [5.74, 6) is -3.03. The molecule has 0 saturated carbocycles. The molecule has 2 rings (SSSR count). The van der Waals surface area contributed by atoms with Crippen LogP contribution in [0.15, 0.2) is 33.7 Å². The second-order valence-corrected chi connectivity index (χ2v) is 8.31. The Bertz CT molecular complexity index is 1100. The Kier molecular flexibility index (Phi) is 7.07. The summed E-state index contributed by atoms with van der Waals surface area (Å²) in [5, 5.41) is 7.10. The van der Waals surface area contributed by atoms with Gasteiger partial charge in [-0.15, -0.1) is 0 Å². The molecular weight excluding hydrogens is 457 g/mol. The van der Waals surface area contributed by atoms with Crippen molar-refractivity contribution in [3.05, 3.63) is 35.5 Å². The summed E-state index contributed by atoms with van der Waals surface area (Å²) in [7, 11) is -4.15. The zero-order valence-electron chi connectivity index (χ0n) is 17.5. The van der Waals surface area contributed by atoms with Crippen molar-refractivity contribution >= 4 is 33.5 Å². The molecule has 1 aromatic carbocycles. The van der Waals surface area contributed by atoms with Crippen molar-refractivity contribution in [1.82, 2.24) is 10.5 Å². The number of alkyl halides is 3. The van der Waals surface area contributed by atoms with Crippen molar-refractivity contribution in [2.45, 2.75) is 44.4 Å². The highest BCUT2D eigenvalue weighted by molar-refractivity contribution is 7.92. The van der Waals surface area contributed by atoms with Gasteiger partial charge in [0.05, 0.1) is 17.2 Å². The van der Waals surface area contributed by atoms with Gasteiger partial charge in [-0.05, 0) is 45.0 Å². The molecular formula is C18H21F3N4O6S. The van der Waals surface area contributed by atoms with E-state index < -0.39 is 33.7 Å². The molecule has 0 fully saturated rings. The molecule has 1 atom stereocenters. The molecule has 14 heteroatoms. The Hall–Kier alpha value is -3.29. The van der Waals surface area contributed by atoms with Gasteiger partial charge < -0.3 is 19.9 Å². The molecule has 0 saturated heterocycles. The van der Waals surface area contributed by atoms with E-state index in [1.807, 2.05) is 5.32 Å². The minimum absolute atomic E-state index is 0.103. The molecule has 32 heavy (non-hydrogen) atoms. The first-order valence-electron chi connectivity index (χ1n) is 9.10. The normalized spacial score (nSPS) is 13.7. The lowest BCUT2D eigenvalue weighted by molar-refractivity contribution is -0.207. The number of carbonyl (C=O) groups excluding carboxylic acids is 2. The number of aromatic nitrogens is 1. The van der Waals surface area contributed by atoms with Gasteiger partial charge in [0.25, 0.3) is 10.0 Å². The quantitative estimate of drug-likeness (QED) is 0.388. The minimum Gasteiger partial charge on any atom is -0.463 e. The summed E-state index contributed by atoms with van der Waals surface area (Å²) in [6, 6.07) is 4.00. The van der Waals surface area contributed by atoms with E-state index in [9.17, 15) is 31.2 Å². The van der Waals surface area contributed by atoms with Crippen LogP contribution < -0.4 is 15.4 Å². The van der Waals surface area contributed by atoms with Crippen LogP contribution in [-0.4, -0.2) is 43.9 Å². The second-order valence-electron chi connectivity index (χ2n) is 6.63. The van der Waals surface area contributed by atoms with E-state index in [0.29, 0.717) is 11.3 Å². The summed E-state index contributed by atoms with van der Waals surface area (Å²) >= 11 is 0. The number of esters is 1. The molecule has 0 unspecified atom stereocenters. The lowest BCUT2D eigenvalue weighted by Crippen LogP contribution is -2.69. The van der Waals surface area contributed by atoms with E-state index in [-0.39, 0.29) is 23.1 Å². The number of benzene rings is 1. The molecule has 0 aliphatic heterocycles. The predicted molar refractivity (Wildman–Crippen MR) is 106 cm³/mol. The molecule has 3 N–H and O–H groups in total. The number of nitrogens with one attached hydrogen (secondary N) is 3. The number of amides is 1. The molecule has 1 heterocycles. The minimum atomic E-state index is -5.29. The van der Waals surface area contributed by atoms with Crippen LogP contribution in [0.5, 0.6) is 0 Å².